The summed E-state index contributed by atoms with van der Waals surface area (Å²) in [6.45, 7) is 4.24. The van der Waals surface area contributed by atoms with E-state index in [1.165, 1.54) is 58.1 Å². The van der Waals surface area contributed by atoms with Gasteiger partial charge in [0.1, 0.15) is 0 Å². The van der Waals surface area contributed by atoms with E-state index in [9.17, 15) is 26.3 Å². The fourth-order valence-corrected chi connectivity index (χ4v) is 11.8. The zero-order valence-corrected chi connectivity index (χ0v) is 37.2. The van der Waals surface area contributed by atoms with E-state index in [2.05, 4.69) is 38.1 Å². The average Bonchev–Trinajstić information content (AvgIpc) is 4.16. The second-order valence-corrected chi connectivity index (χ2v) is 19.2. The molecule has 0 bridgehead atoms. The summed E-state index contributed by atoms with van der Waals surface area (Å²) in [5.74, 6) is -21.3. The van der Waals surface area contributed by atoms with Gasteiger partial charge in [-0.15, -0.1) is 45.3 Å². The normalized spacial score (nSPS) is 11.5. The molecule has 4 aromatic heterocycles. The van der Waals surface area contributed by atoms with E-state index in [0.717, 1.165) is 59.4 Å². The molecule has 0 amide bonds. The average molecular weight is 953 g/mol. The van der Waals surface area contributed by atoms with Gasteiger partial charge in [0.15, 0.2) is 46.5 Å². The monoisotopic (exact) mass is 952 g/mol. The molecule has 0 atom stereocenters. The molecule has 14 heteroatoms. The SMILES string of the molecule is CCCCc1ccc(-c2ccc(C(=C(c3ccc(-c4c(F)c(F)c(F)c(F)c4F)s3)c3ccc(-c4c(F)c(F)c(F)c(F)c4F)s3)c3ccc(-c4ccc(CCCC)cc4)s3)s2)cc1. The summed E-state index contributed by atoms with van der Waals surface area (Å²) in [5, 5.41) is 0. The van der Waals surface area contributed by atoms with E-state index in [-0.39, 0.29) is 19.5 Å². The molecule has 0 aliphatic heterocycles. The third kappa shape index (κ3) is 8.65. The minimum Gasteiger partial charge on any atom is -0.203 e. The first-order chi connectivity index (χ1) is 30.8. The molecule has 8 rings (SSSR count). The van der Waals surface area contributed by atoms with Crippen LogP contribution in [0.1, 0.15) is 70.2 Å². The highest BCUT2D eigenvalue weighted by Crippen LogP contribution is 2.50. The van der Waals surface area contributed by atoms with Crippen molar-refractivity contribution in [1.82, 2.24) is 0 Å². The fourth-order valence-electron chi connectivity index (χ4n) is 7.28. The predicted octanol–water partition coefficient (Wildman–Crippen LogP) is 17.7. The van der Waals surface area contributed by atoms with Crippen molar-refractivity contribution in [1.29, 1.82) is 0 Å². The maximum Gasteiger partial charge on any atom is 0.200 e. The molecule has 0 saturated carbocycles. The molecule has 64 heavy (non-hydrogen) atoms. The number of benzene rings is 4. The molecular weight excluding hydrogens is 919 g/mol. The van der Waals surface area contributed by atoms with Crippen LogP contribution in [0.25, 0.3) is 52.9 Å². The maximum atomic E-state index is 15.3. The molecule has 0 N–H and O–H groups in total. The number of thiophene rings is 4. The van der Waals surface area contributed by atoms with E-state index < -0.39 is 69.3 Å². The summed E-state index contributed by atoms with van der Waals surface area (Å²) >= 11 is 4.22. The number of aryl methyl sites for hydroxylation is 2. The van der Waals surface area contributed by atoms with Crippen molar-refractivity contribution in [3.8, 4) is 41.8 Å². The van der Waals surface area contributed by atoms with Gasteiger partial charge in [-0.05, 0) is 96.5 Å². The van der Waals surface area contributed by atoms with Crippen LogP contribution in [0, 0.1) is 58.2 Å². The van der Waals surface area contributed by atoms with E-state index >= 15 is 17.6 Å². The van der Waals surface area contributed by atoms with Crippen LogP contribution < -0.4 is 0 Å². The zero-order valence-electron chi connectivity index (χ0n) is 33.9. The Morgan fingerprint density at radius 2 is 0.594 bits per heavy atom. The summed E-state index contributed by atoms with van der Waals surface area (Å²) in [6, 6.07) is 29.2. The second-order valence-electron chi connectivity index (χ2n) is 14.9. The molecule has 0 fully saturated rings. The van der Waals surface area contributed by atoms with Gasteiger partial charge in [0, 0.05) is 50.2 Å². The van der Waals surface area contributed by atoms with E-state index in [0.29, 0.717) is 43.6 Å². The first kappa shape index (κ1) is 45.3. The maximum absolute atomic E-state index is 15.3. The van der Waals surface area contributed by atoms with Crippen molar-refractivity contribution in [2.45, 2.75) is 52.4 Å². The van der Waals surface area contributed by atoms with E-state index in [4.69, 9.17) is 0 Å². The van der Waals surface area contributed by atoms with Gasteiger partial charge in [-0.25, -0.2) is 43.9 Å². The van der Waals surface area contributed by atoms with Gasteiger partial charge >= 0.3 is 0 Å². The Balaban J connectivity index is 1.37. The van der Waals surface area contributed by atoms with Crippen LogP contribution in [-0.4, -0.2) is 0 Å². The third-order valence-corrected chi connectivity index (χ3v) is 15.2. The Labute approximate surface area is 378 Å². The van der Waals surface area contributed by atoms with Gasteiger partial charge in [0.25, 0.3) is 0 Å². The minimum absolute atomic E-state index is 0.241. The molecule has 0 saturated heterocycles. The van der Waals surface area contributed by atoms with Crippen LogP contribution in [-0.2, 0) is 12.8 Å². The topological polar surface area (TPSA) is 0 Å². The number of rotatable bonds is 14. The Bertz CT molecular complexity index is 2760. The van der Waals surface area contributed by atoms with Gasteiger partial charge in [-0.2, -0.15) is 0 Å². The van der Waals surface area contributed by atoms with Crippen molar-refractivity contribution in [3.63, 3.8) is 0 Å². The molecular formula is C50H34F10S4. The van der Waals surface area contributed by atoms with Gasteiger partial charge in [-0.1, -0.05) is 75.2 Å². The van der Waals surface area contributed by atoms with Gasteiger partial charge in [0.05, 0.1) is 11.1 Å². The van der Waals surface area contributed by atoms with Crippen LogP contribution in [0.2, 0.25) is 0 Å². The summed E-state index contributed by atoms with van der Waals surface area (Å²) < 4.78 is 148. The molecule has 4 heterocycles. The third-order valence-electron chi connectivity index (χ3n) is 10.7. The Hall–Kier alpha value is -5.28. The van der Waals surface area contributed by atoms with Crippen LogP contribution >= 0.6 is 45.3 Å². The number of hydrogen-bond acceptors (Lipinski definition) is 4. The zero-order chi connectivity index (χ0) is 45.4. The molecule has 8 aromatic rings. The van der Waals surface area contributed by atoms with Crippen molar-refractivity contribution in [2.75, 3.05) is 0 Å². The predicted molar refractivity (Wildman–Crippen MR) is 241 cm³/mol. The smallest absolute Gasteiger partial charge is 0.200 e. The van der Waals surface area contributed by atoms with Crippen molar-refractivity contribution in [3.05, 3.63) is 186 Å². The second kappa shape index (κ2) is 19.1. The molecule has 0 aliphatic carbocycles. The summed E-state index contributed by atoms with van der Waals surface area (Å²) in [6.07, 6.45) is 6.01. The number of halogens is 10. The Morgan fingerprint density at radius 3 is 0.891 bits per heavy atom. The highest BCUT2D eigenvalue weighted by atomic mass is 32.1. The highest BCUT2D eigenvalue weighted by Gasteiger charge is 2.31. The molecule has 0 aliphatic rings. The Morgan fingerprint density at radius 1 is 0.328 bits per heavy atom. The van der Waals surface area contributed by atoms with Gasteiger partial charge < -0.3 is 0 Å². The number of hydrogen-bond donors (Lipinski definition) is 0. The standard InChI is InChI=1S/C50H34F10S4/c1-3-5-7-25-9-13-27(14-10-25)29-17-19-31(61-29)37(32-20-18-30(62-32)28-15-11-26(12-16-28)8-6-4-2)38(33-21-23-35(63-33)39-41(51)45(55)49(59)46(56)42(39)52)34-22-24-36(64-34)40-43(53)47(57)50(60)48(58)44(40)54/h9-24H,3-8H2,1-2H3. The summed E-state index contributed by atoms with van der Waals surface area (Å²) in [7, 11) is 0. The first-order valence-corrected chi connectivity index (χ1v) is 23.4. The quantitative estimate of drug-likeness (QED) is 0.0579. The molecule has 0 spiro atoms. The van der Waals surface area contributed by atoms with Crippen LogP contribution in [0.4, 0.5) is 43.9 Å². The molecule has 0 radical (unpaired) electrons. The lowest BCUT2D eigenvalue weighted by molar-refractivity contribution is 0.381. The van der Waals surface area contributed by atoms with Crippen molar-refractivity contribution < 1.29 is 43.9 Å². The lowest BCUT2D eigenvalue weighted by Gasteiger charge is -2.13. The fraction of sp³-hybridized carbons (Fsp3) is 0.160. The van der Waals surface area contributed by atoms with Crippen molar-refractivity contribution >= 4 is 56.5 Å². The minimum atomic E-state index is -2.31. The molecule has 0 nitrogen and oxygen atoms in total. The van der Waals surface area contributed by atoms with Crippen molar-refractivity contribution in [2.24, 2.45) is 0 Å². The Kier molecular flexibility index (Phi) is 13.5. The van der Waals surface area contributed by atoms with Crippen LogP contribution in [0.15, 0.2) is 97.1 Å². The van der Waals surface area contributed by atoms with Crippen LogP contribution in [0.5, 0.6) is 0 Å². The lowest BCUT2D eigenvalue weighted by Crippen LogP contribution is -2.03. The summed E-state index contributed by atoms with van der Waals surface area (Å²) in [5.41, 5.74) is 2.74. The first-order valence-electron chi connectivity index (χ1n) is 20.2. The summed E-state index contributed by atoms with van der Waals surface area (Å²) in [4.78, 5) is 2.92. The number of unbranched alkanes of at least 4 members (excludes halogenated alkanes) is 2. The lowest BCUT2D eigenvalue weighted by atomic mass is 10.0. The van der Waals surface area contributed by atoms with E-state index in [1.807, 2.05) is 48.5 Å². The van der Waals surface area contributed by atoms with Gasteiger partial charge in [-0.3, -0.25) is 0 Å². The van der Waals surface area contributed by atoms with Crippen LogP contribution in [0.3, 0.4) is 0 Å². The molecule has 328 valence electrons. The van der Waals surface area contributed by atoms with E-state index in [1.54, 1.807) is 0 Å². The largest absolute Gasteiger partial charge is 0.203 e. The molecule has 0 unspecified atom stereocenters. The highest BCUT2D eigenvalue weighted by molar-refractivity contribution is 7.21. The molecule has 4 aromatic carbocycles. The van der Waals surface area contributed by atoms with Gasteiger partial charge in [0.2, 0.25) is 11.6 Å².